The number of aryl methyl sites for hydroxylation is 1. The molecule has 2 aliphatic heterocycles. The second kappa shape index (κ2) is 9.17. The van der Waals surface area contributed by atoms with Gasteiger partial charge < -0.3 is 14.6 Å². The SMILES string of the molecule is CCOc1ccc(N2C(=O)C(c3ccc4c(c3)CCC(C)(C)O4)Cc3cc(Cl)ccc32)cc1C(=O)O. The van der Waals surface area contributed by atoms with E-state index in [2.05, 4.69) is 19.9 Å². The van der Waals surface area contributed by atoms with Crippen LogP contribution in [-0.4, -0.2) is 29.2 Å². The van der Waals surface area contributed by atoms with Crippen LogP contribution in [0, 0.1) is 0 Å². The predicted octanol–water partition coefficient (Wildman–Crippen LogP) is 6.55. The molecule has 6 nitrogen and oxygen atoms in total. The van der Waals surface area contributed by atoms with Crippen LogP contribution in [0.4, 0.5) is 11.4 Å². The largest absolute Gasteiger partial charge is 0.493 e. The molecule has 3 aromatic rings. The fourth-order valence-electron chi connectivity index (χ4n) is 5.05. The van der Waals surface area contributed by atoms with Gasteiger partial charge in [-0.15, -0.1) is 0 Å². The van der Waals surface area contributed by atoms with Gasteiger partial charge in [-0.2, -0.15) is 0 Å². The molecular weight excluding hydrogens is 478 g/mol. The van der Waals surface area contributed by atoms with Crippen molar-refractivity contribution in [3.05, 3.63) is 81.9 Å². The van der Waals surface area contributed by atoms with Crippen molar-refractivity contribution >= 4 is 34.9 Å². The van der Waals surface area contributed by atoms with Crippen LogP contribution in [0.5, 0.6) is 11.5 Å². The first-order chi connectivity index (χ1) is 17.2. The Bertz CT molecular complexity index is 1370. The summed E-state index contributed by atoms with van der Waals surface area (Å²) in [5.74, 6) is -0.562. The van der Waals surface area contributed by atoms with Gasteiger partial charge in [0.25, 0.3) is 0 Å². The first-order valence-corrected chi connectivity index (χ1v) is 12.5. The van der Waals surface area contributed by atoms with Crippen molar-refractivity contribution in [2.75, 3.05) is 11.5 Å². The molecule has 1 atom stereocenters. The maximum atomic E-state index is 14.0. The van der Waals surface area contributed by atoms with E-state index in [0.717, 1.165) is 35.3 Å². The fraction of sp³-hybridized carbons (Fsp3) is 0.310. The van der Waals surface area contributed by atoms with Gasteiger partial charge in [-0.3, -0.25) is 9.69 Å². The zero-order valence-electron chi connectivity index (χ0n) is 20.5. The highest BCUT2D eigenvalue weighted by molar-refractivity contribution is 6.30. The van der Waals surface area contributed by atoms with Gasteiger partial charge in [-0.05, 0) is 99.2 Å². The number of rotatable bonds is 5. The summed E-state index contributed by atoms with van der Waals surface area (Å²) in [5, 5.41) is 10.4. The first kappa shape index (κ1) is 24.2. The van der Waals surface area contributed by atoms with E-state index in [1.54, 1.807) is 30.0 Å². The quantitative estimate of drug-likeness (QED) is 0.425. The lowest BCUT2D eigenvalue weighted by Crippen LogP contribution is -2.37. The molecule has 1 N–H and O–H groups in total. The number of carboxylic acid groups (broad SMARTS) is 1. The number of nitrogens with zero attached hydrogens (tertiary/aromatic N) is 1. The highest BCUT2D eigenvalue weighted by atomic mass is 35.5. The standard InChI is InChI=1S/C29H28ClNO5/c1-4-35-26-10-7-21(16-23(26)28(33)34)31-24-8-6-20(30)14-19(24)15-22(27(31)32)17-5-9-25-18(13-17)11-12-29(2,3)36-25/h5-10,13-14,16,22H,4,11-12,15H2,1-3H3,(H,33,34). The minimum Gasteiger partial charge on any atom is -0.493 e. The molecule has 2 heterocycles. The summed E-state index contributed by atoms with van der Waals surface area (Å²) < 4.78 is 11.6. The molecule has 0 aromatic heterocycles. The topological polar surface area (TPSA) is 76.1 Å². The molecule has 0 saturated heterocycles. The van der Waals surface area contributed by atoms with Crippen molar-refractivity contribution in [1.82, 2.24) is 0 Å². The van der Waals surface area contributed by atoms with E-state index >= 15 is 0 Å². The molecule has 0 radical (unpaired) electrons. The van der Waals surface area contributed by atoms with Crippen LogP contribution in [0.1, 0.15) is 60.2 Å². The molecule has 1 unspecified atom stereocenters. The average molecular weight is 506 g/mol. The molecule has 5 rings (SSSR count). The first-order valence-electron chi connectivity index (χ1n) is 12.1. The van der Waals surface area contributed by atoms with Crippen LogP contribution in [0.2, 0.25) is 5.02 Å². The van der Waals surface area contributed by atoms with E-state index in [-0.39, 0.29) is 22.8 Å². The summed E-state index contributed by atoms with van der Waals surface area (Å²) >= 11 is 6.33. The van der Waals surface area contributed by atoms with Crippen LogP contribution in [0.15, 0.2) is 54.6 Å². The van der Waals surface area contributed by atoms with Gasteiger partial charge in [0.15, 0.2) is 0 Å². The Labute approximate surface area is 215 Å². The van der Waals surface area contributed by atoms with Gasteiger partial charge in [0.1, 0.15) is 22.7 Å². The normalized spacial score (nSPS) is 18.2. The highest BCUT2D eigenvalue weighted by Gasteiger charge is 2.36. The number of aromatic carboxylic acids is 1. The molecule has 0 spiro atoms. The minimum atomic E-state index is -1.12. The predicted molar refractivity (Wildman–Crippen MR) is 139 cm³/mol. The molecular formula is C29H28ClNO5. The molecule has 0 aliphatic carbocycles. The monoisotopic (exact) mass is 505 g/mol. The molecule has 3 aromatic carbocycles. The molecule has 186 valence electrons. The Hall–Kier alpha value is -3.51. The fourth-order valence-corrected chi connectivity index (χ4v) is 5.24. The molecule has 36 heavy (non-hydrogen) atoms. The van der Waals surface area contributed by atoms with Crippen molar-refractivity contribution in [3.63, 3.8) is 0 Å². The molecule has 7 heteroatoms. The number of amides is 1. The van der Waals surface area contributed by atoms with Gasteiger partial charge in [-0.25, -0.2) is 4.79 Å². The highest BCUT2D eigenvalue weighted by Crippen LogP contribution is 2.43. The molecule has 2 aliphatic rings. The third-order valence-electron chi connectivity index (χ3n) is 6.85. The number of fused-ring (bicyclic) bond motifs is 2. The van der Waals surface area contributed by atoms with Gasteiger partial charge >= 0.3 is 5.97 Å². The second-order valence-electron chi connectivity index (χ2n) is 9.85. The third kappa shape index (κ3) is 4.42. The lowest BCUT2D eigenvalue weighted by molar-refractivity contribution is -0.119. The van der Waals surface area contributed by atoms with Gasteiger partial charge in [-0.1, -0.05) is 23.7 Å². The van der Waals surface area contributed by atoms with Gasteiger partial charge in [0.2, 0.25) is 5.91 Å². The number of carbonyl (C=O) groups is 2. The molecule has 0 bridgehead atoms. The van der Waals surface area contributed by atoms with Crippen LogP contribution in [0.25, 0.3) is 0 Å². The zero-order chi connectivity index (χ0) is 25.6. The van der Waals surface area contributed by atoms with E-state index in [1.165, 1.54) is 6.07 Å². The summed E-state index contributed by atoms with van der Waals surface area (Å²) in [5.41, 5.74) is 3.89. The van der Waals surface area contributed by atoms with Crippen molar-refractivity contribution in [3.8, 4) is 11.5 Å². The van der Waals surface area contributed by atoms with Crippen molar-refractivity contribution in [1.29, 1.82) is 0 Å². The number of carbonyl (C=O) groups excluding carboxylic acids is 1. The number of benzene rings is 3. The maximum Gasteiger partial charge on any atom is 0.339 e. The number of halogens is 1. The summed E-state index contributed by atoms with van der Waals surface area (Å²) in [7, 11) is 0. The van der Waals surface area contributed by atoms with Crippen molar-refractivity contribution in [2.24, 2.45) is 0 Å². The Morgan fingerprint density at radius 2 is 1.94 bits per heavy atom. The number of hydrogen-bond donors (Lipinski definition) is 1. The Balaban J connectivity index is 1.59. The summed E-state index contributed by atoms with van der Waals surface area (Å²) in [6.07, 6.45) is 2.28. The summed E-state index contributed by atoms with van der Waals surface area (Å²) in [4.78, 5) is 27.6. The van der Waals surface area contributed by atoms with Crippen LogP contribution in [-0.2, 0) is 17.6 Å². The van der Waals surface area contributed by atoms with Crippen molar-refractivity contribution in [2.45, 2.75) is 51.6 Å². The average Bonchev–Trinajstić information content (AvgIpc) is 2.83. The Morgan fingerprint density at radius 1 is 1.14 bits per heavy atom. The molecule has 0 saturated carbocycles. The van der Waals surface area contributed by atoms with Crippen LogP contribution >= 0.6 is 11.6 Å². The third-order valence-corrected chi connectivity index (χ3v) is 7.08. The lowest BCUT2D eigenvalue weighted by Gasteiger charge is -2.36. The van der Waals surface area contributed by atoms with Gasteiger partial charge in [0.05, 0.1) is 23.9 Å². The lowest BCUT2D eigenvalue weighted by atomic mass is 9.84. The zero-order valence-corrected chi connectivity index (χ0v) is 21.3. The van der Waals surface area contributed by atoms with E-state index in [4.69, 9.17) is 21.1 Å². The van der Waals surface area contributed by atoms with Crippen LogP contribution < -0.4 is 14.4 Å². The number of carboxylic acids is 1. The minimum absolute atomic E-state index is 0.00771. The van der Waals surface area contributed by atoms with Crippen molar-refractivity contribution < 1.29 is 24.2 Å². The van der Waals surface area contributed by atoms with E-state index in [9.17, 15) is 14.7 Å². The molecule has 0 fully saturated rings. The second-order valence-corrected chi connectivity index (χ2v) is 10.3. The number of ether oxygens (including phenoxy) is 2. The Morgan fingerprint density at radius 3 is 2.69 bits per heavy atom. The summed E-state index contributed by atoms with van der Waals surface area (Å²) in [6.45, 7) is 6.29. The van der Waals surface area contributed by atoms with E-state index in [0.29, 0.717) is 29.4 Å². The number of anilines is 2. The summed E-state index contributed by atoms with van der Waals surface area (Å²) in [6, 6.07) is 16.2. The maximum absolute atomic E-state index is 14.0. The molecule has 1 amide bonds. The smallest absolute Gasteiger partial charge is 0.339 e. The van der Waals surface area contributed by atoms with E-state index in [1.807, 2.05) is 24.3 Å². The van der Waals surface area contributed by atoms with E-state index < -0.39 is 11.9 Å². The number of hydrogen-bond acceptors (Lipinski definition) is 4. The van der Waals surface area contributed by atoms with Crippen LogP contribution in [0.3, 0.4) is 0 Å². The van der Waals surface area contributed by atoms with Gasteiger partial charge in [0, 0.05) is 5.02 Å². The Kier molecular flexibility index (Phi) is 6.17.